The number of allylic oxidation sites excluding steroid dienone is 1. The van der Waals surface area contributed by atoms with Crippen LogP contribution in [0, 0.1) is 12.7 Å². The summed E-state index contributed by atoms with van der Waals surface area (Å²) in [7, 11) is 0. The van der Waals surface area contributed by atoms with Crippen LogP contribution < -0.4 is 9.47 Å². The second kappa shape index (κ2) is 6.28. The Balaban J connectivity index is 1.92. The second-order valence-corrected chi connectivity index (χ2v) is 5.60. The summed E-state index contributed by atoms with van der Waals surface area (Å²) < 4.78 is 24.3. The van der Waals surface area contributed by atoms with E-state index in [1.54, 1.807) is 31.2 Å². The topological polar surface area (TPSA) is 52.6 Å². The van der Waals surface area contributed by atoms with Crippen molar-refractivity contribution in [1.29, 1.82) is 0 Å². The highest BCUT2D eigenvalue weighted by Gasteiger charge is 2.30. The van der Waals surface area contributed by atoms with Gasteiger partial charge in [-0.05, 0) is 49.2 Å². The predicted molar refractivity (Wildman–Crippen MR) is 86.7 cm³/mol. The van der Waals surface area contributed by atoms with E-state index in [9.17, 15) is 14.0 Å². The first kappa shape index (κ1) is 15.9. The van der Waals surface area contributed by atoms with Gasteiger partial charge in [-0.3, -0.25) is 9.59 Å². The van der Waals surface area contributed by atoms with Crippen LogP contribution in [0.5, 0.6) is 11.5 Å². The summed E-state index contributed by atoms with van der Waals surface area (Å²) in [6, 6.07) is 9.17. The first-order chi connectivity index (χ1) is 11.4. The second-order valence-electron chi connectivity index (χ2n) is 5.60. The van der Waals surface area contributed by atoms with Crippen LogP contribution in [-0.4, -0.2) is 18.2 Å². The minimum Gasteiger partial charge on any atom is -0.486 e. The molecule has 0 aromatic heterocycles. The maximum Gasteiger partial charge on any atom is 0.232 e. The molecule has 0 N–H and O–H groups in total. The van der Waals surface area contributed by atoms with Gasteiger partial charge in [-0.1, -0.05) is 12.1 Å². The van der Waals surface area contributed by atoms with E-state index in [2.05, 4.69) is 0 Å². The Hall–Kier alpha value is -2.95. The molecule has 1 aliphatic heterocycles. The van der Waals surface area contributed by atoms with Crippen LogP contribution in [0.4, 0.5) is 4.39 Å². The lowest BCUT2D eigenvalue weighted by molar-refractivity contribution is -0.118. The molecule has 0 fully saturated rings. The molecule has 24 heavy (non-hydrogen) atoms. The number of carbonyl (C=O) groups excluding carboxylic acids is 2. The Kier molecular flexibility index (Phi) is 4.16. The van der Waals surface area contributed by atoms with Crippen LogP contribution in [0.3, 0.4) is 0 Å². The van der Waals surface area contributed by atoms with Gasteiger partial charge < -0.3 is 9.47 Å². The zero-order valence-corrected chi connectivity index (χ0v) is 13.3. The van der Waals surface area contributed by atoms with Crippen LogP contribution >= 0.6 is 0 Å². The predicted octanol–water partition coefficient (Wildman–Crippen LogP) is 3.72. The third-order valence-electron chi connectivity index (χ3n) is 3.53. The third-order valence-corrected chi connectivity index (χ3v) is 3.53. The normalized spacial score (nSPS) is 14.5. The Labute approximate surface area is 138 Å². The van der Waals surface area contributed by atoms with E-state index < -0.39 is 0 Å². The Bertz CT molecular complexity index is 868. The van der Waals surface area contributed by atoms with Gasteiger partial charge in [0, 0.05) is 6.07 Å². The van der Waals surface area contributed by atoms with Crippen LogP contribution in [0.25, 0.3) is 6.08 Å². The summed E-state index contributed by atoms with van der Waals surface area (Å²) >= 11 is 0. The molecule has 122 valence electrons. The van der Waals surface area contributed by atoms with Gasteiger partial charge in [-0.2, -0.15) is 0 Å². The van der Waals surface area contributed by atoms with Crippen LogP contribution in [0.15, 0.2) is 42.2 Å². The summed E-state index contributed by atoms with van der Waals surface area (Å²) in [6.07, 6.45) is 1.50. The van der Waals surface area contributed by atoms with Crippen molar-refractivity contribution in [2.24, 2.45) is 0 Å². The van der Waals surface area contributed by atoms with Crippen LogP contribution in [-0.2, 0) is 4.79 Å². The maximum absolute atomic E-state index is 13.3. The zero-order valence-electron chi connectivity index (χ0n) is 13.3. The number of ketones is 2. The summed E-state index contributed by atoms with van der Waals surface area (Å²) in [5.41, 5.74) is 1.68. The number of halogens is 1. The fraction of sp³-hybridized carbons (Fsp3) is 0.158. The first-order valence-electron chi connectivity index (χ1n) is 7.41. The molecule has 1 aliphatic rings. The van der Waals surface area contributed by atoms with Gasteiger partial charge in [0.1, 0.15) is 23.9 Å². The van der Waals surface area contributed by atoms with Gasteiger partial charge in [-0.15, -0.1) is 0 Å². The van der Waals surface area contributed by atoms with Crippen molar-refractivity contribution >= 4 is 17.6 Å². The lowest BCUT2D eigenvalue weighted by Gasteiger charge is -2.07. The zero-order chi connectivity index (χ0) is 17.3. The summed E-state index contributed by atoms with van der Waals surface area (Å²) in [5.74, 6) is 0.218. The number of fused-ring (bicyclic) bond motifs is 1. The van der Waals surface area contributed by atoms with E-state index in [0.29, 0.717) is 28.2 Å². The van der Waals surface area contributed by atoms with E-state index in [-0.39, 0.29) is 29.7 Å². The van der Waals surface area contributed by atoms with Crippen molar-refractivity contribution in [1.82, 2.24) is 0 Å². The van der Waals surface area contributed by atoms with Crippen LogP contribution in [0.2, 0.25) is 0 Å². The number of benzene rings is 2. The Morgan fingerprint density at radius 2 is 2.08 bits per heavy atom. The molecule has 0 saturated carbocycles. The lowest BCUT2D eigenvalue weighted by Crippen LogP contribution is -2.06. The summed E-state index contributed by atoms with van der Waals surface area (Å²) in [4.78, 5) is 23.5. The molecule has 3 rings (SSSR count). The van der Waals surface area contributed by atoms with Gasteiger partial charge >= 0.3 is 0 Å². The number of Topliss-reactive ketones (excluding diaryl/α,β-unsaturated/α-hetero) is 2. The fourth-order valence-electron chi connectivity index (χ4n) is 2.49. The van der Waals surface area contributed by atoms with Crippen molar-refractivity contribution in [3.63, 3.8) is 0 Å². The van der Waals surface area contributed by atoms with E-state index in [0.717, 1.165) is 0 Å². The molecule has 1 heterocycles. The number of hydrogen-bond donors (Lipinski definition) is 0. The molecule has 0 unspecified atom stereocenters. The smallest absolute Gasteiger partial charge is 0.232 e. The van der Waals surface area contributed by atoms with Crippen molar-refractivity contribution in [2.45, 2.75) is 13.8 Å². The molecular formula is C19H15FO4. The van der Waals surface area contributed by atoms with Gasteiger partial charge in [0.25, 0.3) is 0 Å². The van der Waals surface area contributed by atoms with Crippen molar-refractivity contribution in [3.8, 4) is 11.5 Å². The number of aryl methyl sites for hydroxylation is 1. The number of hydrogen-bond acceptors (Lipinski definition) is 4. The number of ether oxygens (including phenoxy) is 2. The summed E-state index contributed by atoms with van der Waals surface area (Å²) in [6.45, 7) is 3.16. The van der Waals surface area contributed by atoms with Crippen molar-refractivity contribution in [3.05, 3.63) is 64.7 Å². The first-order valence-corrected chi connectivity index (χ1v) is 7.41. The SMILES string of the molecule is CC(=O)COc1cc(C)c2c(c1)O/C(=C\c1cccc(F)c1)C2=O. The van der Waals surface area contributed by atoms with E-state index in [4.69, 9.17) is 9.47 Å². The van der Waals surface area contributed by atoms with Gasteiger partial charge in [0.2, 0.25) is 5.78 Å². The van der Waals surface area contributed by atoms with E-state index in [1.807, 2.05) is 0 Å². The van der Waals surface area contributed by atoms with E-state index in [1.165, 1.54) is 25.1 Å². The van der Waals surface area contributed by atoms with Crippen molar-refractivity contribution in [2.75, 3.05) is 6.61 Å². The molecule has 0 saturated heterocycles. The monoisotopic (exact) mass is 326 g/mol. The molecular weight excluding hydrogens is 311 g/mol. The molecule has 2 aromatic carbocycles. The molecule has 4 nitrogen and oxygen atoms in total. The molecule has 2 aromatic rings. The average Bonchev–Trinajstić information content (AvgIpc) is 2.82. The summed E-state index contributed by atoms with van der Waals surface area (Å²) in [5, 5.41) is 0. The Morgan fingerprint density at radius 1 is 1.29 bits per heavy atom. The highest BCUT2D eigenvalue weighted by Crippen LogP contribution is 2.37. The maximum atomic E-state index is 13.3. The van der Waals surface area contributed by atoms with Crippen molar-refractivity contribution < 1.29 is 23.5 Å². The molecule has 0 radical (unpaired) electrons. The van der Waals surface area contributed by atoms with E-state index >= 15 is 0 Å². The van der Waals surface area contributed by atoms with Gasteiger partial charge in [-0.25, -0.2) is 4.39 Å². The number of carbonyl (C=O) groups is 2. The highest BCUT2D eigenvalue weighted by molar-refractivity contribution is 6.15. The Morgan fingerprint density at radius 3 is 2.79 bits per heavy atom. The highest BCUT2D eigenvalue weighted by atomic mass is 19.1. The standard InChI is InChI=1S/C19H15FO4/c1-11-6-15(23-10-12(2)21)9-16-18(11)19(22)17(24-16)8-13-4-3-5-14(20)7-13/h3-9H,10H2,1-2H3/b17-8-. The molecule has 0 amide bonds. The van der Waals surface area contributed by atoms with Gasteiger partial charge in [0.05, 0.1) is 5.56 Å². The minimum absolute atomic E-state index is 0.0435. The largest absolute Gasteiger partial charge is 0.486 e. The average molecular weight is 326 g/mol. The third kappa shape index (κ3) is 3.20. The molecule has 0 bridgehead atoms. The van der Waals surface area contributed by atoms with Crippen LogP contribution in [0.1, 0.15) is 28.4 Å². The molecule has 0 spiro atoms. The quantitative estimate of drug-likeness (QED) is 0.804. The number of rotatable bonds is 4. The molecule has 5 heteroatoms. The minimum atomic E-state index is -0.386. The molecule has 0 atom stereocenters. The lowest BCUT2D eigenvalue weighted by atomic mass is 10.0. The van der Waals surface area contributed by atoms with Gasteiger partial charge in [0.15, 0.2) is 11.5 Å². The molecule has 0 aliphatic carbocycles. The fourth-order valence-corrected chi connectivity index (χ4v) is 2.49.